The highest BCUT2D eigenvalue weighted by Crippen LogP contribution is 2.27. The summed E-state index contributed by atoms with van der Waals surface area (Å²) in [6, 6.07) is 8.29. The van der Waals surface area contributed by atoms with Crippen molar-refractivity contribution in [3.05, 3.63) is 54.7 Å². The number of hydrogen-bond acceptors (Lipinski definition) is 3. The zero-order valence-electron chi connectivity index (χ0n) is 14.7. The molecule has 25 heavy (non-hydrogen) atoms. The van der Waals surface area contributed by atoms with Gasteiger partial charge in [-0.3, -0.25) is 0 Å². The zero-order valence-corrected chi connectivity index (χ0v) is 14.7. The molecule has 0 aliphatic rings. The summed E-state index contributed by atoms with van der Waals surface area (Å²) in [5, 5.41) is 0. The lowest BCUT2D eigenvalue weighted by atomic mass is 9.89. The number of aromatic amines is 2. The Labute approximate surface area is 146 Å². The standard InChI is InChI=1S/C20H21N5/c1-20(2,3)8-15-9-22-19-18(15)25-17(11-23-19)14-6-4-13(5-7-14)16-10-21-12-24-16/h4-7,9-12H,8H2,1-3H3,(H,21,24)(H,22,23). The molecule has 0 spiro atoms. The zero-order chi connectivity index (χ0) is 17.4. The molecule has 4 rings (SSSR count). The molecule has 5 heteroatoms. The predicted octanol–water partition coefficient (Wildman–Crippen LogP) is 4.60. The third kappa shape index (κ3) is 3.18. The summed E-state index contributed by atoms with van der Waals surface area (Å²) in [5.74, 6) is 0. The van der Waals surface area contributed by atoms with E-state index in [2.05, 4.69) is 65.0 Å². The van der Waals surface area contributed by atoms with Crippen LogP contribution in [0.5, 0.6) is 0 Å². The second kappa shape index (κ2) is 5.84. The first-order valence-electron chi connectivity index (χ1n) is 8.42. The maximum atomic E-state index is 4.87. The molecule has 3 heterocycles. The fourth-order valence-electron chi connectivity index (χ4n) is 3.02. The van der Waals surface area contributed by atoms with Crippen LogP contribution in [0.25, 0.3) is 33.7 Å². The van der Waals surface area contributed by atoms with Crippen LogP contribution in [0.4, 0.5) is 0 Å². The maximum absolute atomic E-state index is 4.87. The first kappa shape index (κ1) is 15.6. The summed E-state index contributed by atoms with van der Waals surface area (Å²) in [7, 11) is 0. The number of nitrogens with one attached hydrogen (secondary N) is 2. The number of H-pyrrole nitrogens is 2. The van der Waals surface area contributed by atoms with Crippen LogP contribution >= 0.6 is 0 Å². The van der Waals surface area contributed by atoms with E-state index in [0.717, 1.165) is 40.1 Å². The van der Waals surface area contributed by atoms with Crippen LogP contribution in [0, 0.1) is 5.41 Å². The lowest BCUT2D eigenvalue weighted by Crippen LogP contribution is -2.08. The molecule has 4 aromatic rings. The number of hydrogen-bond donors (Lipinski definition) is 2. The van der Waals surface area contributed by atoms with Crippen molar-refractivity contribution < 1.29 is 0 Å². The van der Waals surface area contributed by atoms with Gasteiger partial charge in [-0.2, -0.15) is 0 Å². The monoisotopic (exact) mass is 331 g/mol. The minimum absolute atomic E-state index is 0.207. The number of nitrogens with zero attached hydrogens (tertiary/aromatic N) is 3. The highest BCUT2D eigenvalue weighted by Gasteiger charge is 2.16. The smallest absolute Gasteiger partial charge is 0.156 e. The molecular weight excluding hydrogens is 310 g/mol. The van der Waals surface area contributed by atoms with E-state index in [9.17, 15) is 0 Å². The lowest BCUT2D eigenvalue weighted by Gasteiger charge is -2.16. The van der Waals surface area contributed by atoms with Crippen molar-refractivity contribution in [2.24, 2.45) is 5.41 Å². The average Bonchev–Trinajstić information content (AvgIpc) is 3.24. The number of rotatable bonds is 3. The minimum atomic E-state index is 0.207. The SMILES string of the molecule is CC(C)(C)Cc1c[nH]c2ncc(-c3ccc(-c4cnc[nH]4)cc3)nc12. The summed E-state index contributed by atoms with van der Waals surface area (Å²) in [5.41, 5.74) is 7.28. The summed E-state index contributed by atoms with van der Waals surface area (Å²) < 4.78 is 0. The topological polar surface area (TPSA) is 70.2 Å². The van der Waals surface area contributed by atoms with Crippen LogP contribution in [0.3, 0.4) is 0 Å². The van der Waals surface area contributed by atoms with Crippen molar-refractivity contribution in [2.75, 3.05) is 0 Å². The van der Waals surface area contributed by atoms with Crippen LogP contribution in [-0.4, -0.2) is 24.9 Å². The fraction of sp³-hybridized carbons (Fsp3) is 0.250. The molecule has 0 amide bonds. The third-order valence-corrected chi connectivity index (χ3v) is 4.17. The van der Waals surface area contributed by atoms with Gasteiger partial charge in [0.2, 0.25) is 0 Å². The normalized spacial score (nSPS) is 12.0. The largest absolute Gasteiger partial charge is 0.345 e. The van der Waals surface area contributed by atoms with Gasteiger partial charge in [-0.05, 0) is 23.0 Å². The van der Waals surface area contributed by atoms with E-state index in [0.29, 0.717) is 0 Å². The van der Waals surface area contributed by atoms with Gasteiger partial charge in [0.05, 0.1) is 30.1 Å². The van der Waals surface area contributed by atoms with Gasteiger partial charge in [0, 0.05) is 11.8 Å². The summed E-state index contributed by atoms with van der Waals surface area (Å²) >= 11 is 0. The Morgan fingerprint density at radius 3 is 2.40 bits per heavy atom. The second-order valence-electron chi connectivity index (χ2n) is 7.55. The first-order chi connectivity index (χ1) is 12.0. The number of imidazole rings is 1. The summed E-state index contributed by atoms with van der Waals surface area (Å²) in [6.45, 7) is 6.70. The summed E-state index contributed by atoms with van der Waals surface area (Å²) in [4.78, 5) is 19.8. The number of fused-ring (bicyclic) bond motifs is 1. The van der Waals surface area contributed by atoms with Crippen molar-refractivity contribution in [3.8, 4) is 22.5 Å². The molecule has 0 atom stereocenters. The van der Waals surface area contributed by atoms with Crippen molar-refractivity contribution >= 4 is 11.2 Å². The molecule has 3 aromatic heterocycles. The average molecular weight is 331 g/mol. The fourth-order valence-corrected chi connectivity index (χ4v) is 3.02. The van der Waals surface area contributed by atoms with Crippen LogP contribution in [0.15, 0.2) is 49.2 Å². The van der Waals surface area contributed by atoms with Crippen molar-refractivity contribution in [1.29, 1.82) is 0 Å². The van der Waals surface area contributed by atoms with Crippen LogP contribution in [0.1, 0.15) is 26.3 Å². The van der Waals surface area contributed by atoms with Crippen LogP contribution in [0.2, 0.25) is 0 Å². The summed E-state index contributed by atoms with van der Waals surface area (Å²) in [6.07, 6.45) is 8.32. The van der Waals surface area contributed by atoms with Gasteiger partial charge in [-0.1, -0.05) is 45.0 Å². The molecule has 0 saturated heterocycles. The highest BCUT2D eigenvalue weighted by molar-refractivity contribution is 5.78. The molecule has 0 bridgehead atoms. The van der Waals surface area contributed by atoms with E-state index in [1.54, 1.807) is 6.33 Å². The molecule has 5 nitrogen and oxygen atoms in total. The first-order valence-corrected chi connectivity index (χ1v) is 8.42. The Morgan fingerprint density at radius 2 is 1.72 bits per heavy atom. The third-order valence-electron chi connectivity index (χ3n) is 4.17. The molecule has 0 fully saturated rings. The molecule has 126 valence electrons. The van der Waals surface area contributed by atoms with E-state index in [1.807, 2.05) is 18.6 Å². The van der Waals surface area contributed by atoms with Gasteiger partial charge in [-0.25, -0.2) is 15.0 Å². The Morgan fingerprint density at radius 1 is 0.960 bits per heavy atom. The minimum Gasteiger partial charge on any atom is -0.345 e. The van der Waals surface area contributed by atoms with Crippen molar-refractivity contribution in [3.63, 3.8) is 0 Å². The van der Waals surface area contributed by atoms with Gasteiger partial charge in [0.25, 0.3) is 0 Å². The predicted molar refractivity (Wildman–Crippen MR) is 100 cm³/mol. The van der Waals surface area contributed by atoms with Gasteiger partial charge in [0.15, 0.2) is 5.65 Å². The van der Waals surface area contributed by atoms with Gasteiger partial charge < -0.3 is 9.97 Å². The Hall–Kier alpha value is -2.95. The van der Waals surface area contributed by atoms with Crippen LogP contribution in [-0.2, 0) is 6.42 Å². The van der Waals surface area contributed by atoms with Gasteiger partial charge in [-0.15, -0.1) is 0 Å². The van der Waals surface area contributed by atoms with E-state index in [1.165, 1.54) is 5.56 Å². The lowest BCUT2D eigenvalue weighted by molar-refractivity contribution is 0.412. The van der Waals surface area contributed by atoms with E-state index < -0.39 is 0 Å². The molecule has 2 N–H and O–H groups in total. The van der Waals surface area contributed by atoms with E-state index in [4.69, 9.17) is 4.98 Å². The quantitative estimate of drug-likeness (QED) is 0.576. The van der Waals surface area contributed by atoms with Gasteiger partial charge >= 0.3 is 0 Å². The Bertz CT molecular complexity index is 989. The Balaban J connectivity index is 1.70. The van der Waals surface area contributed by atoms with E-state index in [-0.39, 0.29) is 5.41 Å². The maximum Gasteiger partial charge on any atom is 0.156 e. The molecule has 1 aromatic carbocycles. The molecule has 0 aliphatic heterocycles. The molecular formula is C20H21N5. The van der Waals surface area contributed by atoms with Crippen LogP contribution < -0.4 is 0 Å². The molecule has 0 radical (unpaired) electrons. The van der Waals surface area contributed by atoms with Crippen molar-refractivity contribution in [2.45, 2.75) is 27.2 Å². The van der Waals surface area contributed by atoms with Crippen molar-refractivity contribution in [1.82, 2.24) is 24.9 Å². The van der Waals surface area contributed by atoms with E-state index >= 15 is 0 Å². The Kier molecular flexibility index (Phi) is 3.64. The molecule has 0 unspecified atom stereocenters. The molecule has 0 saturated carbocycles. The second-order valence-corrected chi connectivity index (χ2v) is 7.55. The number of benzene rings is 1. The number of aromatic nitrogens is 5. The van der Waals surface area contributed by atoms with Gasteiger partial charge in [0.1, 0.15) is 5.52 Å². The highest BCUT2D eigenvalue weighted by atomic mass is 14.9. The molecule has 0 aliphatic carbocycles.